The van der Waals surface area contributed by atoms with Crippen LogP contribution in [-0.4, -0.2) is 17.5 Å². The first-order valence-electron chi connectivity index (χ1n) is 5.25. The maximum Gasteiger partial charge on any atom is 0.143 e. The Labute approximate surface area is 104 Å². The van der Waals surface area contributed by atoms with E-state index in [4.69, 9.17) is 17.3 Å². The van der Waals surface area contributed by atoms with Crippen LogP contribution in [0, 0.1) is 5.82 Å². The van der Waals surface area contributed by atoms with Gasteiger partial charge in [-0.2, -0.15) is 11.8 Å². The molecule has 0 radical (unpaired) electrons. The molecule has 2 nitrogen and oxygen atoms in total. The lowest BCUT2D eigenvalue weighted by Crippen LogP contribution is -2.25. The van der Waals surface area contributed by atoms with Crippen molar-refractivity contribution in [1.82, 2.24) is 0 Å². The Hall–Kier alpha value is -0.610. The first-order chi connectivity index (χ1) is 7.66. The molecule has 0 amide bonds. The zero-order valence-electron chi connectivity index (χ0n) is 8.80. The summed E-state index contributed by atoms with van der Waals surface area (Å²) >= 11 is 7.60. The summed E-state index contributed by atoms with van der Waals surface area (Å²) in [5, 5.41) is 3.35. The Kier molecular flexibility index (Phi) is 3.82. The molecule has 0 bridgehead atoms. The van der Waals surface area contributed by atoms with E-state index in [1.807, 2.05) is 11.8 Å². The molecule has 3 N–H and O–H groups in total. The Morgan fingerprint density at radius 2 is 2.06 bits per heavy atom. The number of anilines is 2. The summed E-state index contributed by atoms with van der Waals surface area (Å²) < 4.78 is 13.3. The molecule has 5 heteroatoms. The molecule has 1 aliphatic rings. The van der Waals surface area contributed by atoms with Crippen LogP contribution in [0.4, 0.5) is 15.8 Å². The summed E-state index contributed by atoms with van der Waals surface area (Å²) in [4.78, 5) is 0. The van der Waals surface area contributed by atoms with Crippen LogP contribution >= 0.6 is 23.4 Å². The van der Waals surface area contributed by atoms with Crippen molar-refractivity contribution in [2.75, 3.05) is 22.6 Å². The van der Waals surface area contributed by atoms with Gasteiger partial charge in [-0.15, -0.1) is 0 Å². The molecule has 1 aromatic carbocycles. The van der Waals surface area contributed by atoms with Crippen molar-refractivity contribution in [2.45, 2.75) is 18.9 Å². The van der Waals surface area contributed by atoms with Crippen molar-refractivity contribution >= 4 is 34.7 Å². The van der Waals surface area contributed by atoms with Crippen molar-refractivity contribution in [3.05, 3.63) is 23.0 Å². The third kappa shape index (κ3) is 2.74. The summed E-state index contributed by atoms with van der Waals surface area (Å²) in [6, 6.07) is 3.22. The summed E-state index contributed by atoms with van der Waals surface area (Å²) in [6.45, 7) is 0. The van der Waals surface area contributed by atoms with Gasteiger partial charge in [0.05, 0.1) is 16.4 Å². The van der Waals surface area contributed by atoms with Crippen molar-refractivity contribution in [1.29, 1.82) is 0 Å². The van der Waals surface area contributed by atoms with Crippen molar-refractivity contribution in [3.8, 4) is 0 Å². The van der Waals surface area contributed by atoms with Gasteiger partial charge in [0.15, 0.2) is 0 Å². The predicted octanol–water partition coefficient (Wildman–Crippen LogP) is 3.37. The van der Waals surface area contributed by atoms with E-state index in [0.717, 1.165) is 24.3 Å². The maximum atomic E-state index is 13.3. The van der Waals surface area contributed by atoms with Crippen LogP contribution in [0.3, 0.4) is 0 Å². The highest BCUT2D eigenvalue weighted by atomic mass is 35.5. The predicted molar refractivity (Wildman–Crippen MR) is 69.8 cm³/mol. The number of benzene rings is 1. The molecule has 16 heavy (non-hydrogen) atoms. The quantitative estimate of drug-likeness (QED) is 0.801. The number of rotatable bonds is 2. The van der Waals surface area contributed by atoms with Crippen LogP contribution in [0.5, 0.6) is 0 Å². The second-order valence-electron chi connectivity index (χ2n) is 3.88. The average Bonchev–Trinajstić information content (AvgIpc) is 2.27. The van der Waals surface area contributed by atoms with Crippen LogP contribution in [0.1, 0.15) is 12.8 Å². The van der Waals surface area contributed by atoms with Gasteiger partial charge in [-0.05, 0) is 30.4 Å². The zero-order chi connectivity index (χ0) is 11.5. The number of thioether (sulfide) groups is 1. The van der Waals surface area contributed by atoms with Crippen LogP contribution in [0.25, 0.3) is 0 Å². The van der Waals surface area contributed by atoms with E-state index < -0.39 is 5.82 Å². The molecule has 0 aliphatic carbocycles. The van der Waals surface area contributed by atoms with E-state index in [2.05, 4.69) is 5.32 Å². The van der Waals surface area contributed by atoms with Crippen molar-refractivity contribution in [2.24, 2.45) is 0 Å². The Morgan fingerprint density at radius 3 is 2.75 bits per heavy atom. The molecule has 1 aromatic rings. The SMILES string of the molecule is Nc1cc(Cl)c(F)cc1NC1CCSCC1. The number of nitrogen functional groups attached to an aromatic ring is 1. The Morgan fingerprint density at radius 1 is 1.38 bits per heavy atom. The van der Waals surface area contributed by atoms with Gasteiger partial charge in [-0.3, -0.25) is 0 Å². The fraction of sp³-hybridized carbons (Fsp3) is 0.455. The molecule has 0 spiro atoms. The number of hydrogen-bond donors (Lipinski definition) is 2. The fourth-order valence-corrected chi connectivity index (χ4v) is 3.03. The Balaban J connectivity index is 2.11. The number of hydrogen-bond acceptors (Lipinski definition) is 3. The summed E-state index contributed by atoms with van der Waals surface area (Å²) in [7, 11) is 0. The lowest BCUT2D eigenvalue weighted by Gasteiger charge is -2.24. The molecule has 1 saturated heterocycles. The van der Waals surface area contributed by atoms with Gasteiger partial charge in [0.25, 0.3) is 0 Å². The molecule has 88 valence electrons. The second-order valence-corrected chi connectivity index (χ2v) is 5.52. The lowest BCUT2D eigenvalue weighted by molar-refractivity contribution is 0.626. The first-order valence-corrected chi connectivity index (χ1v) is 6.79. The highest BCUT2D eigenvalue weighted by Crippen LogP contribution is 2.28. The van der Waals surface area contributed by atoms with Crippen molar-refractivity contribution < 1.29 is 4.39 Å². The number of nitrogens with two attached hydrogens (primary N) is 1. The summed E-state index contributed by atoms with van der Waals surface area (Å²) in [5.74, 6) is 1.87. The fourth-order valence-electron chi connectivity index (χ4n) is 1.75. The smallest absolute Gasteiger partial charge is 0.143 e. The number of halogens is 2. The molecule has 0 unspecified atom stereocenters. The zero-order valence-corrected chi connectivity index (χ0v) is 10.4. The minimum absolute atomic E-state index is 0.0715. The maximum absolute atomic E-state index is 13.3. The van der Waals surface area contributed by atoms with Gasteiger partial charge < -0.3 is 11.1 Å². The third-order valence-electron chi connectivity index (χ3n) is 2.67. The van der Waals surface area contributed by atoms with E-state index in [1.54, 1.807) is 0 Å². The molecule has 1 fully saturated rings. The normalized spacial score (nSPS) is 17.4. The second kappa shape index (κ2) is 5.15. The largest absolute Gasteiger partial charge is 0.397 e. The van der Waals surface area contributed by atoms with E-state index in [-0.39, 0.29) is 5.02 Å². The van der Waals surface area contributed by atoms with Gasteiger partial charge >= 0.3 is 0 Å². The van der Waals surface area contributed by atoms with Crippen LogP contribution in [0.15, 0.2) is 12.1 Å². The average molecular weight is 261 g/mol. The molecule has 1 heterocycles. The minimum atomic E-state index is -0.427. The summed E-state index contributed by atoms with van der Waals surface area (Å²) in [6.07, 6.45) is 2.18. The molecule has 0 atom stereocenters. The standard InChI is InChI=1S/C11H14ClFN2S/c12-8-5-10(14)11(6-9(8)13)15-7-1-3-16-4-2-7/h5-7,15H,1-4,14H2. The molecular weight excluding hydrogens is 247 g/mol. The summed E-state index contributed by atoms with van der Waals surface area (Å²) in [5.41, 5.74) is 6.94. The highest BCUT2D eigenvalue weighted by molar-refractivity contribution is 7.99. The van der Waals surface area contributed by atoms with Crippen LogP contribution < -0.4 is 11.1 Å². The van der Waals surface area contributed by atoms with Crippen LogP contribution in [-0.2, 0) is 0 Å². The monoisotopic (exact) mass is 260 g/mol. The van der Waals surface area contributed by atoms with E-state index in [9.17, 15) is 4.39 Å². The van der Waals surface area contributed by atoms with Crippen LogP contribution in [0.2, 0.25) is 5.02 Å². The van der Waals surface area contributed by atoms with Gasteiger partial charge in [0.2, 0.25) is 0 Å². The molecule has 0 saturated carbocycles. The van der Waals surface area contributed by atoms with Crippen molar-refractivity contribution in [3.63, 3.8) is 0 Å². The molecule has 0 aromatic heterocycles. The molecule has 2 rings (SSSR count). The third-order valence-corrected chi connectivity index (χ3v) is 4.01. The Bertz CT molecular complexity index is 380. The number of nitrogens with one attached hydrogen (secondary N) is 1. The lowest BCUT2D eigenvalue weighted by atomic mass is 10.1. The van der Waals surface area contributed by atoms with Gasteiger partial charge in [-0.1, -0.05) is 11.6 Å². The van der Waals surface area contributed by atoms with Gasteiger partial charge in [-0.25, -0.2) is 4.39 Å². The highest BCUT2D eigenvalue weighted by Gasteiger charge is 2.15. The van der Waals surface area contributed by atoms with Gasteiger partial charge in [0, 0.05) is 12.1 Å². The van der Waals surface area contributed by atoms with E-state index >= 15 is 0 Å². The molecular formula is C11H14ClFN2S. The minimum Gasteiger partial charge on any atom is -0.397 e. The van der Waals surface area contributed by atoms with E-state index in [0.29, 0.717) is 17.4 Å². The molecule has 1 aliphatic heterocycles. The van der Waals surface area contributed by atoms with E-state index in [1.165, 1.54) is 12.1 Å². The van der Waals surface area contributed by atoms with Gasteiger partial charge in [0.1, 0.15) is 5.82 Å². The topological polar surface area (TPSA) is 38.0 Å². The first kappa shape index (κ1) is 11.9.